The number of benzene rings is 3. The van der Waals surface area contributed by atoms with Crippen molar-refractivity contribution in [2.75, 3.05) is 7.05 Å². The van der Waals surface area contributed by atoms with Crippen molar-refractivity contribution in [1.82, 2.24) is 5.32 Å². The zero-order valence-corrected chi connectivity index (χ0v) is 21.3. The first-order valence-electron chi connectivity index (χ1n) is 11.7. The number of ketones is 1. The molecular formula is C31H33N3O2. The lowest BCUT2D eigenvalue weighted by molar-refractivity contribution is 0.101. The molecule has 4 rings (SSSR count). The maximum Gasteiger partial charge on any atom is 0.159 e. The third kappa shape index (κ3) is 10.7. The van der Waals surface area contributed by atoms with E-state index in [1.165, 1.54) is 23.8 Å². The monoisotopic (exact) mass is 479 g/mol. The number of hydrogen-bond donors (Lipinski definition) is 1. The minimum absolute atomic E-state index is 0.0212. The Morgan fingerprint density at radius 2 is 1.39 bits per heavy atom. The molecule has 1 aliphatic rings. The summed E-state index contributed by atoms with van der Waals surface area (Å²) >= 11 is 0. The summed E-state index contributed by atoms with van der Waals surface area (Å²) in [5, 5.41) is 11.2. The van der Waals surface area contributed by atoms with Crippen LogP contribution in [0, 0.1) is 6.92 Å². The van der Waals surface area contributed by atoms with E-state index in [4.69, 9.17) is 0 Å². The fourth-order valence-electron chi connectivity index (χ4n) is 2.95. The molecule has 36 heavy (non-hydrogen) atoms. The Morgan fingerprint density at radius 3 is 1.86 bits per heavy atom. The number of azo groups is 1. The third-order valence-corrected chi connectivity index (χ3v) is 5.12. The zero-order valence-electron chi connectivity index (χ0n) is 21.3. The molecule has 3 aromatic carbocycles. The average molecular weight is 480 g/mol. The molecule has 0 unspecified atom stereocenters. The van der Waals surface area contributed by atoms with Gasteiger partial charge in [-0.05, 0) is 81.8 Å². The Morgan fingerprint density at radius 1 is 0.806 bits per heavy atom. The van der Waals surface area contributed by atoms with Gasteiger partial charge in [0.2, 0.25) is 0 Å². The van der Waals surface area contributed by atoms with Crippen LogP contribution in [0.5, 0.6) is 0 Å². The second-order valence-electron chi connectivity index (χ2n) is 8.09. The van der Waals surface area contributed by atoms with Crippen LogP contribution in [0.4, 0.5) is 11.4 Å². The summed E-state index contributed by atoms with van der Waals surface area (Å²) in [4.78, 5) is 21.6. The lowest BCUT2D eigenvalue weighted by Crippen LogP contribution is -2.01. The Bertz CT molecular complexity index is 1220. The minimum Gasteiger partial charge on any atom is -0.388 e. The average Bonchev–Trinajstić information content (AvgIpc) is 3.13. The molecule has 0 saturated heterocycles. The second kappa shape index (κ2) is 15.5. The van der Waals surface area contributed by atoms with Gasteiger partial charge in [-0.25, -0.2) is 0 Å². The van der Waals surface area contributed by atoms with Crippen LogP contribution in [0.2, 0.25) is 0 Å². The van der Waals surface area contributed by atoms with Crippen LogP contribution in [-0.2, 0) is 0 Å². The molecule has 0 atom stereocenters. The van der Waals surface area contributed by atoms with Crippen molar-refractivity contribution in [3.8, 4) is 0 Å². The van der Waals surface area contributed by atoms with Gasteiger partial charge in [0.05, 0.1) is 11.4 Å². The van der Waals surface area contributed by atoms with Gasteiger partial charge in [0.15, 0.2) is 5.78 Å². The van der Waals surface area contributed by atoms with Gasteiger partial charge in [0.1, 0.15) is 6.29 Å². The molecule has 0 bridgehead atoms. The smallest absolute Gasteiger partial charge is 0.159 e. The molecule has 5 heteroatoms. The molecule has 1 N–H and O–H groups in total. The first-order chi connectivity index (χ1) is 17.4. The number of carbonyl (C=O) groups excluding carboxylic acids is 2. The van der Waals surface area contributed by atoms with Crippen molar-refractivity contribution in [1.29, 1.82) is 0 Å². The van der Waals surface area contributed by atoms with Crippen molar-refractivity contribution >= 4 is 23.4 Å². The third-order valence-electron chi connectivity index (χ3n) is 5.12. The van der Waals surface area contributed by atoms with E-state index in [2.05, 4.69) is 65.8 Å². The molecule has 184 valence electrons. The van der Waals surface area contributed by atoms with E-state index in [1.807, 2.05) is 25.2 Å². The van der Waals surface area contributed by atoms with Crippen LogP contribution in [-0.4, -0.2) is 19.1 Å². The van der Waals surface area contributed by atoms with Gasteiger partial charge < -0.3 is 5.32 Å². The first kappa shape index (κ1) is 27.9. The molecule has 1 aliphatic carbocycles. The number of aldehydes is 1. The highest BCUT2D eigenvalue weighted by Crippen LogP contribution is 2.19. The quantitative estimate of drug-likeness (QED) is 0.228. The molecule has 0 aromatic heterocycles. The summed E-state index contributed by atoms with van der Waals surface area (Å²) < 4.78 is 0. The first-order valence-corrected chi connectivity index (χ1v) is 11.7. The van der Waals surface area contributed by atoms with Gasteiger partial charge in [-0.2, -0.15) is 10.2 Å². The Hall–Kier alpha value is -4.38. The summed E-state index contributed by atoms with van der Waals surface area (Å²) in [5.74, 6) is 0.0212. The minimum atomic E-state index is 0.0212. The van der Waals surface area contributed by atoms with Gasteiger partial charge in [0, 0.05) is 23.9 Å². The fraction of sp³-hybridized carbons (Fsp3) is 0.161. The van der Waals surface area contributed by atoms with Crippen LogP contribution < -0.4 is 5.32 Å². The molecular weight excluding hydrogens is 446 g/mol. The van der Waals surface area contributed by atoms with E-state index in [0.717, 1.165) is 12.7 Å². The molecule has 0 saturated carbocycles. The normalized spacial score (nSPS) is 12.1. The topological polar surface area (TPSA) is 70.9 Å². The number of rotatable bonds is 5. The Balaban J connectivity index is 0.000000222. The molecule has 0 radical (unpaired) electrons. The van der Waals surface area contributed by atoms with Gasteiger partial charge in [-0.3, -0.25) is 9.59 Å². The highest BCUT2D eigenvalue weighted by molar-refractivity contribution is 5.94. The van der Waals surface area contributed by atoms with Gasteiger partial charge in [-0.15, -0.1) is 0 Å². The van der Waals surface area contributed by atoms with Crippen molar-refractivity contribution in [3.05, 3.63) is 131 Å². The standard InChI is InChI=1S/C15H12N2O2.C9H13N.C7H8/c1-11(19)13-4-8-15(9-5-13)17-16-14-6-2-12(10-18)3-7-14;1-8-4-3-5-9(10-2)7-6-8;1-7-5-3-2-4-6-7/h2-10H,1H3;4-7,10H,3H2,1-2H3;2-6H,1H3. The predicted octanol–water partition coefficient (Wildman–Crippen LogP) is 8.11. The van der Waals surface area contributed by atoms with E-state index in [1.54, 1.807) is 48.5 Å². The molecule has 5 nitrogen and oxygen atoms in total. The van der Waals surface area contributed by atoms with Gasteiger partial charge in [0.25, 0.3) is 0 Å². The van der Waals surface area contributed by atoms with Gasteiger partial charge in [-0.1, -0.05) is 59.7 Å². The van der Waals surface area contributed by atoms with Crippen molar-refractivity contribution < 1.29 is 9.59 Å². The van der Waals surface area contributed by atoms with E-state index in [-0.39, 0.29) is 5.78 Å². The maximum absolute atomic E-state index is 11.1. The van der Waals surface area contributed by atoms with Crippen LogP contribution in [0.25, 0.3) is 0 Å². The lowest BCUT2D eigenvalue weighted by atomic mass is 10.1. The Kier molecular flexibility index (Phi) is 12.0. The van der Waals surface area contributed by atoms with Crippen LogP contribution in [0.3, 0.4) is 0 Å². The van der Waals surface area contributed by atoms with Crippen molar-refractivity contribution in [2.24, 2.45) is 10.2 Å². The summed E-state index contributed by atoms with van der Waals surface area (Å²) in [6.07, 6.45) is 10.4. The number of allylic oxidation sites excluding steroid dienone is 5. The summed E-state index contributed by atoms with van der Waals surface area (Å²) in [6.45, 7) is 5.72. The van der Waals surface area contributed by atoms with Crippen molar-refractivity contribution in [2.45, 2.75) is 27.2 Å². The van der Waals surface area contributed by atoms with E-state index in [9.17, 15) is 9.59 Å². The molecule has 3 aromatic rings. The zero-order chi connectivity index (χ0) is 26.2. The number of nitrogens with zero attached hydrogens (tertiary/aromatic N) is 2. The number of hydrogen-bond acceptors (Lipinski definition) is 5. The Labute approximate surface area is 214 Å². The lowest BCUT2D eigenvalue weighted by Gasteiger charge is -1.96. The van der Waals surface area contributed by atoms with E-state index < -0.39 is 0 Å². The molecule has 0 fully saturated rings. The summed E-state index contributed by atoms with van der Waals surface area (Å²) in [7, 11) is 1.94. The molecule has 0 amide bonds. The fourth-order valence-corrected chi connectivity index (χ4v) is 2.95. The molecule has 0 aliphatic heterocycles. The van der Waals surface area contributed by atoms with Gasteiger partial charge >= 0.3 is 0 Å². The van der Waals surface area contributed by atoms with E-state index in [0.29, 0.717) is 22.5 Å². The molecule has 0 heterocycles. The summed E-state index contributed by atoms with van der Waals surface area (Å²) in [6, 6.07) is 24.0. The van der Waals surface area contributed by atoms with Crippen LogP contribution in [0.1, 0.15) is 46.5 Å². The number of Topliss-reactive ketones (excluding diaryl/α,β-unsaturated/α-hetero) is 1. The maximum atomic E-state index is 11.1. The highest BCUT2D eigenvalue weighted by Gasteiger charge is 1.98. The number of carbonyl (C=O) groups is 2. The summed E-state index contributed by atoms with van der Waals surface area (Å²) in [5.41, 5.74) is 6.45. The molecule has 0 spiro atoms. The number of nitrogens with one attached hydrogen (secondary N) is 1. The predicted molar refractivity (Wildman–Crippen MR) is 148 cm³/mol. The SMILES string of the molecule is CC(=O)c1ccc(N=Nc2ccc(C=O)cc2)cc1.CNC1=CCC=C(C)C=C1.Cc1ccccc1. The second-order valence-corrected chi connectivity index (χ2v) is 8.09. The van der Waals surface area contributed by atoms with Crippen LogP contribution in [0.15, 0.2) is 125 Å². The van der Waals surface area contributed by atoms with E-state index >= 15 is 0 Å². The van der Waals surface area contributed by atoms with Crippen LogP contribution >= 0.6 is 0 Å². The largest absolute Gasteiger partial charge is 0.388 e. The number of aryl methyl sites for hydroxylation is 1. The van der Waals surface area contributed by atoms with Crippen molar-refractivity contribution in [3.63, 3.8) is 0 Å². The number of likely N-dealkylation sites (N-methyl/N-ethyl adjacent to an activating group) is 1. The highest BCUT2D eigenvalue weighted by atomic mass is 16.1.